The molecule has 0 atom stereocenters. The van der Waals surface area contributed by atoms with Gasteiger partial charge in [0.15, 0.2) is 0 Å². The Balaban J connectivity index is 2.62. The van der Waals surface area contributed by atoms with E-state index in [0.29, 0.717) is 0 Å². The minimum atomic E-state index is -0.572. The van der Waals surface area contributed by atoms with Crippen molar-refractivity contribution in [1.29, 1.82) is 0 Å². The van der Waals surface area contributed by atoms with E-state index in [9.17, 15) is 9.90 Å². The van der Waals surface area contributed by atoms with Gasteiger partial charge in [-0.05, 0) is 17.7 Å². The quantitative estimate of drug-likeness (QED) is 0.689. The minimum absolute atomic E-state index is 0.0429. The van der Waals surface area contributed by atoms with Crippen molar-refractivity contribution >= 4 is 17.7 Å². The zero-order valence-electron chi connectivity index (χ0n) is 14.2. The molecule has 0 bridgehead atoms. The van der Waals surface area contributed by atoms with Gasteiger partial charge in [-0.1, -0.05) is 53.7 Å². The second-order valence-electron chi connectivity index (χ2n) is 7.20. The molecule has 0 spiro atoms. The van der Waals surface area contributed by atoms with Crippen molar-refractivity contribution in [1.82, 2.24) is 0 Å². The lowest BCUT2D eigenvalue weighted by Crippen LogP contribution is -2.31. The van der Waals surface area contributed by atoms with Gasteiger partial charge in [-0.3, -0.25) is 9.79 Å². The number of hydrogen-bond donors (Lipinski definition) is 1. The van der Waals surface area contributed by atoms with Crippen LogP contribution in [0.2, 0.25) is 0 Å². The van der Waals surface area contributed by atoms with Crippen molar-refractivity contribution in [3.05, 3.63) is 29.8 Å². The number of hydrogen-bond acceptors (Lipinski definition) is 4. The summed E-state index contributed by atoms with van der Waals surface area (Å²) in [6, 6.07) is 7.24. The number of aliphatic imine (C=N–C) groups is 1. The highest BCUT2D eigenvalue weighted by Gasteiger charge is 2.20. The van der Waals surface area contributed by atoms with E-state index in [2.05, 4.69) is 10.3 Å². The molecule has 1 aromatic rings. The van der Waals surface area contributed by atoms with Gasteiger partial charge < -0.3 is 15.2 Å². The Morgan fingerprint density at radius 1 is 1.14 bits per heavy atom. The molecule has 0 aliphatic rings. The van der Waals surface area contributed by atoms with Crippen molar-refractivity contribution in [3.63, 3.8) is 0 Å². The summed E-state index contributed by atoms with van der Waals surface area (Å²) in [6.45, 7) is 11.2. The van der Waals surface area contributed by atoms with Crippen LogP contribution in [-0.2, 0) is 16.1 Å². The lowest BCUT2D eigenvalue weighted by atomic mass is 9.95. The van der Waals surface area contributed by atoms with Crippen LogP contribution in [0.4, 0.5) is 5.69 Å². The molecule has 0 unspecified atom stereocenters. The Morgan fingerprint density at radius 3 is 2.14 bits per heavy atom. The largest absolute Gasteiger partial charge is 0.595 e. The summed E-state index contributed by atoms with van der Waals surface area (Å²) >= 11 is 0. The first kappa shape index (κ1) is 18.0. The molecule has 122 valence electrons. The maximum absolute atomic E-state index is 11.9. The number of nitrogens with zero attached hydrogens (tertiary/aromatic N) is 1. The van der Waals surface area contributed by atoms with Crippen LogP contribution in [0.3, 0.4) is 0 Å². The topological polar surface area (TPSA) is 73.8 Å². The average Bonchev–Trinajstić information content (AvgIpc) is 2.34. The van der Waals surface area contributed by atoms with Gasteiger partial charge >= 0.3 is 0 Å². The molecule has 0 aliphatic carbocycles. The van der Waals surface area contributed by atoms with Gasteiger partial charge in [0.1, 0.15) is 6.08 Å². The third kappa shape index (κ3) is 6.61. The van der Waals surface area contributed by atoms with E-state index in [1.54, 1.807) is 32.9 Å². The van der Waals surface area contributed by atoms with Gasteiger partial charge in [0.25, 0.3) is 0 Å². The second kappa shape index (κ2) is 6.81. The Morgan fingerprint density at radius 2 is 1.68 bits per heavy atom. The van der Waals surface area contributed by atoms with Crippen molar-refractivity contribution in [2.75, 3.05) is 5.32 Å². The van der Waals surface area contributed by atoms with Gasteiger partial charge in [0.2, 0.25) is 5.91 Å². The first-order chi connectivity index (χ1) is 9.97. The summed E-state index contributed by atoms with van der Waals surface area (Å²) in [5.41, 5.74) is 0.618. The van der Waals surface area contributed by atoms with E-state index < -0.39 is 17.1 Å². The van der Waals surface area contributed by atoms with Crippen LogP contribution in [0, 0.1) is 5.41 Å². The van der Waals surface area contributed by atoms with E-state index in [4.69, 9.17) is 4.74 Å². The Bertz CT molecular complexity index is 535. The summed E-state index contributed by atoms with van der Waals surface area (Å²) in [6.07, 6.45) is -0.572. The molecule has 0 aliphatic heterocycles. The maximum atomic E-state index is 11.9. The van der Waals surface area contributed by atoms with Crippen LogP contribution < -0.4 is 10.4 Å². The van der Waals surface area contributed by atoms with E-state index in [0.717, 1.165) is 11.3 Å². The fourth-order valence-corrected chi connectivity index (χ4v) is 1.46. The Labute approximate surface area is 132 Å². The highest BCUT2D eigenvalue weighted by molar-refractivity contribution is 5.94. The van der Waals surface area contributed by atoms with Gasteiger partial charge in [0.05, 0.1) is 6.54 Å². The lowest BCUT2D eigenvalue weighted by Gasteiger charge is -2.29. The normalized spacial score (nSPS) is 12.9. The van der Waals surface area contributed by atoms with Crippen molar-refractivity contribution in [3.8, 4) is 0 Å². The molecule has 1 aromatic carbocycles. The van der Waals surface area contributed by atoms with E-state index in [-0.39, 0.29) is 12.5 Å². The number of ether oxygens (including phenoxy) is 1. The van der Waals surface area contributed by atoms with Crippen molar-refractivity contribution in [2.24, 2.45) is 10.4 Å². The van der Waals surface area contributed by atoms with Crippen molar-refractivity contribution < 1.29 is 14.6 Å². The second-order valence-corrected chi connectivity index (χ2v) is 7.20. The standard InChI is InChI=1S/C17H26N2O3/c1-16(2,3)14(20)19-13-9-7-12(8-10-13)11-18-15(21)22-17(4,5)6/h7-10H,11H2,1-6H3,(H,18,21)(H,19,20)/p-1. The molecule has 5 nitrogen and oxygen atoms in total. The molecule has 1 amide bonds. The average molecular weight is 305 g/mol. The highest BCUT2D eigenvalue weighted by atomic mass is 16.6. The number of carbonyl (C=O) groups is 1. The van der Waals surface area contributed by atoms with Crippen LogP contribution in [0.15, 0.2) is 29.3 Å². The number of anilines is 1. The van der Waals surface area contributed by atoms with Crippen LogP contribution >= 0.6 is 0 Å². The summed E-state index contributed by atoms with van der Waals surface area (Å²) in [4.78, 5) is 15.7. The Hall–Kier alpha value is -2.04. The van der Waals surface area contributed by atoms with Crippen LogP contribution in [0.5, 0.6) is 0 Å². The summed E-state index contributed by atoms with van der Waals surface area (Å²) in [5, 5.41) is 14.4. The molecule has 1 N–H and O–H groups in total. The number of amides is 1. The number of nitrogens with one attached hydrogen (secondary N) is 1. The third-order valence-corrected chi connectivity index (χ3v) is 2.68. The molecule has 1 rings (SSSR count). The third-order valence-electron chi connectivity index (χ3n) is 2.68. The fourth-order valence-electron chi connectivity index (χ4n) is 1.46. The molecule has 0 saturated carbocycles. The van der Waals surface area contributed by atoms with E-state index in [1.807, 2.05) is 32.9 Å². The summed E-state index contributed by atoms with van der Waals surface area (Å²) < 4.78 is 5.11. The molecule has 0 heterocycles. The number of benzene rings is 1. The molecule has 0 fully saturated rings. The van der Waals surface area contributed by atoms with Gasteiger partial charge in [0, 0.05) is 16.7 Å². The molecule has 5 heteroatoms. The molecular weight excluding hydrogens is 280 g/mol. The monoisotopic (exact) mass is 305 g/mol. The first-order valence-electron chi connectivity index (χ1n) is 7.28. The molecule has 0 aromatic heterocycles. The maximum Gasteiger partial charge on any atom is 0.229 e. The van der Waals surface area contributed by atoms with Crippen molar-refractivity contribution in [2.45, 2.75) is 53.7 Å². The summed E-state index contributed by atoms with van der Waals surface area (Å²) in [5.74, 6) is -0.0429. The molecule has 0 radical (unpaired) electrons. The fraction of sp³-hybridized carbons (Fsp3) is 0.529. The van der Waals surface area contributed by atoms with E-state index >= 15 is 0 Å². The van der Waals surface area contributed by atoms with Gasteiger partial charge in [-0.2, -0.15) is 0 Å². The SMILES string of the molecule is CC(C)(C)OC([O-])=NCc1ccc(NC(=O)C(C)(C)C)cc1. The predicted molar refractivity (Wildman–Crippen MR) is 86.5 cm³/mol. The first-order valence-corrected chi connectivity index (χ1v) is 7.28. The van der Waals surface area contributed by atoms with Gasteiger partial charge in [-0.25, -0.2) is 0 Å². The van der Waals surface area contributed by atoms with Gasteiger partial charge in [-0.15, -0.1) is 0 Å². The van der Waals surface area contributed by atoms with Crippen LogP contribution in [0.25, 0.3) is 0 Å². The lowest BCUT2D eigenvalue weighted by molar-refractivity contribution is -0.260. The van der Waals surface area contributed by atoms with E-state index in [1.165, 1.54) is 0 Å². The highest BCUT2D eigenvalue weighted by Crippen LogP contribution is 2.18. The minimum Gasteiger partial charge on any atom is -0.595 e. The van der Waals surface area contributed by atoms with Crippen LogP contribution in [-0.4, -0.2) is 17.6 Å². The van der Waals surface area contributed by atoms with Crippen LogP contribution in [0.1, 0.15) is 47.1 Å². The Kier molecular flexibility index (Phi) is 5.58. The molecule has 22 heavy (non-hydrogen) atoms. The smallest absolute Gasteiger partial charge is 0.229 e. The predicted octanol–water partition coefficient (Wildman–Crippen LogP) is 2.70. The zero-order chi connectivity index (χ0) is 17.0. The number of rotatable bonds is 3. The summed E-state index contributed by atoms with van der Waals surface area (Å²) in [7, 11) is 0. The molecule has 0 saturated heterocycles. The molecular formula is C17H25N2O3-. The zero-order valence-corrected chi connectivity index (χ0v) is 14.2. The number of carbonyl (C=O) groups excluding carboxylic acids is 1.